The van der Waals surface area contributed by atoms with E-state index in [1.54, 1.807) is 23.8 Å². The number of nitrogens with zero attached hydrogens (tertiary/aromatic N) is 2. The molecule has 0 N–H and O–H groups in total. The van der Waals surface area contributed by atoms with Crippen LogP contribution in [-0.4, -0.2) is 24.8 Å². The summed E-state index contributed by atoms with van der Waals surface area (Å²) in [6.07, 6.45) is 2.31. The Kier molecular flexibility index (Phi) is 8.19. The molecule has 0 saturated carbocycles. The minimum Gasteiger partial charge on any atom is -0.493 e. The molecule has 0 radical (unpaired) electrons. The third-order valence-corrected chi connectivity index (χ3v) is 7.94. The first-order chi connectivity index (χ1) is 19.4. The number of ether oxygens (including phenoxy) is 3. The van der Waals surface area contributed by atoms with Gasteiger partial charge in [0.1, 0.15) is 6.61 Å². The molecule has 5 rings (SSSR count). The molecule has 3 aromatic carbocycles. The van der Waals surface area contributed by atoms with Crippen LogP contribution in [0.2, 0.25) is 5.02 Å². The van der Waals surface area contributed by atoms with Gasteiger partial charge in [-0.2, -0.15) is 0 Å². The van der Waals surface area contributed by atoms with Crippen LogP contribution in [0.3, 0.4) is 0 Å². The van der Waals surface area contributed by atoms with Crippen molar-refractivity contribution in [2.75, 3.05) is 14.2 Å². The van der Waals surface area contributed by atoms with Crippen LogP contribution < -0.4 is 24.4 Å². The number of thiazole rings is 1. The third-order valence-electron chi connectivity index (χ3n) is 6.59. The van der Waals surface area contributed by atoms with Crippen molar-refractivity contribution in [3.8, 4) is 11.5 Å². The molecule has 40 heavy (non-hydrogen) atoms. The minimum absolute atomic E-state index is 0.243. The molecular formula is C31H27ClN2O5S. The van der Waals surface area contributed by atoms with E-state index < -0.39 is 12.0 Å². The number of esters is 1. The van der Waals surface area contributed by atoms with Gasteiger partial charge in [-0.25, -0.2) is 9.79 Å². The highest BCUT2D eigenvalue weighted by molar-refractivity contribution is 7.07. The molecule has 1 aliphatic heterocycles. The van der Waals surface area contributed by atoms with E-state index in [1.807, 2.05) is 73.7 Å². The van der Waals surface area contributed by atoms with Gasteiger partial charge in [-0.05, 0) is 41.8 Å². The summed E-state index contributed by atoms with van der Waals surface area (Å²) in [7, 11) is 2.90. The van der Waals surface area contributed by atoms with Crippen LogP contribution in [-0.2, 0) is 16.1 Å². The summed E-state index contributed by atoms with van der Waals surface area (Å²) in [4.78, 5) is 32.0. The molecule has 9 heteroatoms. The summed E-state index contributed by atoms with van der Waals surface area (Å²) in [6, 6.07) is 21.8. The van der Waals surface area contributed by atoms with Gasteiger partial charge in [-0.3, -0.25) is 9.36 Å². The van der Waals surface area contributed by atoms with Crippen LogP contribution in [0.25, 0.3) is 6.08 Å². The van der Waals surface area contributed by atoms with Gasteiger partial charge < -0.3 is 14.2 Å². The first-order valence-corrected chi connectivity index (χ1v) is 13.9. The van der Waals surface area contributed by atoms with Crippen molar-refractivity contribution in [1.82, 2.24) is 4.57 Å². The number of rotatable bonds is 8. The maximum absolute atomic E-state index is 13.8. The quantitative estimate of drug-likeness (QED) is 0.276. The second-order valence-corrected chi connectivity index (χ2v) is 10.4. The normalized spacial score (nSPS) is 14.9. The largest absolute Gasteiger partial charge is 0.493 e. The van der Waals surface area contributed by atoms with Gasteiger partial charge in [0.05, 0.1) is 36.1 Å². The molecule has 0 aliphatic carbocycles. The van der Waals surface area contributed by atoms with Gasteiger partial charge in [-0.15, -0.1) is 0 Å². The van der Waals surface area contributed by atoms with Crippen molar-refractivity contribution in [1.29, 1.82) is 0 Å². The zero-order chi connectivity index (χ0) is 28.2. The lowest BCUT2D eigenvalue weighted by molar-refractivity contribution is -0.136. The minimum atomic E-state index is -0.642. The lowest BCUT2D eigenvalue weighted by atomic mass is 9.95. The first-order valence-electron chi connectivity index (χ1n) is 12.7. The number of aromatic nitrogens is 1. The van der Waals surface area contributed by atoms with E-state index in [0.29, 0.717) is 43.5 Å². The summed E-state index contributed by atoms with van der Waals surface area (Å²) < 4.78 is 18.7. The van der Waals surface area contributed by atoms with E-state index >= 15 is 0 Å². The second-order valence-electron chi connectivity index (χ2n) is 8.99. The monoisotopic (exact) mass is 574 g/mol. The molecule has 7 nitrogen and oxygen atoms in total. The van der Waals surface area contributed by atoms with Crippen LogP contribution in [0.1, 0.15) is 36.1 Å². The Bertz CT molecular complexity index is 1780. The highest BCUT2D eigenvalue weighted by Gasteiger charge is 2.33. The highest BCUT2D eigenvalue weighted by Crippen LogP contribution is 2.32. The fourth-order valence-electron chi connectivity index (χ4n) is 4.63. The number of fused-ring (bicyclic) bond motifs is 1. The molecule has 0 fully saturated rings. The van der Waals surface area contributed by atoms with Crippen molar-refractivity contribution >= 4 is 35.0 Å². The summed E-state index contributed by atoms with van der Waals surface area (Å²) in [5.74, 6) is 0.582. The van der Waals surface area contributed by atoms with Crippen LogP contribution in [0.5, 0.6) is 11.5 Å². The smallest absolute Gasteiger partial charge is 0.338 e. The van der Waals surface area contributed by atoms with E-state index in [1.165, 1.54) is 18.4 Å². The topological polar surface area (TPSA) is 79.1 Å². The highest BCUT2D eigenvalue weighted by atomic mass is 35.5. The lowest BCUT2D eigenvalue weighted by Crippen LogP contribution is -2.40. The molecule has 1 aliphatic rings. The van der Waals surface area contributed by atoms with Crippen LogP contribution in [0.4, 0.5) is 0 Å². The Balaban J connectivity index is 1.56. The standard InChI is InChI=1S/C31H27ClN2O5S/c1-4-23-27(30(36)38-3)28(20-10-6-5-7-11-20)34-29(35)26(40-31(34)33-23)17-19-14-15-24(25(16-19)37-2)39-18-21-12-8-9-13-22(21)32/h5-17,28H,4,18H2,1-3H3/b26-17-/t28-/m1/s1. The number of allylic oxidation sites excluding steroid dienone is 1. The zero-order valence-corrected chi connectivity index (χ0v) is 23.8. The molecule has 0 unspecified atom stereocenters. The number of carbonyl (C=O) groups excluding carboxylic acids is 1. The van der Waals surface area contributed by atoms with Gasteiger partial charge in [-0.1, -0.05) is 84.5 Å². The average molecular weight is 575 g/mol. The number of benzene rings is 3. The summed E-state index contributed by atoms with van der Waals surface area (Å²) in [6.45, 7) is 2.22. The number of methoxy groups -OCH3 is 2. The maximum atomic E-state index is 13.8. The summed E-state index contributed by atoms with van der Waals surface area (Å²) in [5, 5.41) is 0.629. The SMILES string of the molecule is CCC1=C(C(=O)OC)[C@@H](c2ccccc2)n2c(s/c(=C\c3ccc(OCc4ccccc4Cl)c(OC)c3)c2=O)=N1. The third kappa shape index (κ3) is 5.33. The van der Waals surface area contributed by atoms with Crippen LogP contribution >= 0.6 is 22.9 Å². The molecule has 1 atom stereocenters. The van der Waals surface area contributed by atoms with E-state index in [-0.39, 0.29) is 12.2 Å². The molecular weight excluding hydrogens is 548 g/mol. The van der Waals surface area contributed by atoms with Crippen molar-refractivity contribution in [3.05, 3.63) is 125 Å². The van der Waals surface area contributed by atoms with Crippen molar-refractivity contribution in [2.45, 2.75) is 26.0 Å². The van der Waals surface area contributed by atoms with Gasteiger partial charge in [0.25, 0.3) is 5.56 Å². The molecule has 0 amide bonds. The van der Waals surface area contributed by atoms with Crippen molar-refractivity contribution < 1.29 is 19.0 Å². The predicted octanol–water partition coefficient (Wildman–Crippen LogP) is 5.04. The van der Waals surface area contributed by atoms with Gasteiger partial charge in [0.15, 0.2) is 16.3 Å². The Hall–Kier alpha value is -4.14. The lowest BCUT2D eigenvalue weighted by Gasteiger charge is -2.25. The Morgan fingerprint density at radius 1 is 1.05 bits per heavy atom. The Morgan fingerprint density at radius 2 is 1.80 bits per heavy atom. The fourth-order valence-corrected chi connectivity index (χ4v) is 5.84. The number of hydrogen-bond donors (Lipinski definition) is 0. The molecule has 204 valence electrons. The number of carbonyl (C=O) groups is 1. The maximum Gasteiger partial charge on any atom is 0.338 e. The zero-order valence-electron chi connectivity index (χ0n) is 22.2. The van der Waals surface area contributed by atoms with E-state index in [9.17, 15) is 9.59 Å². The van der Waals surface area contributed by atoms with Gasteiger partial charge in [0.2, 0.25) is 0 Å². The molecule has 0 spiro atoms. The Labute approximate surface area is 240 Å². The Morgan fingerprint density at radius 3 is 2.50 bits per heavy atom. The van der Waals surface area contributed by atoms with E-state index in [4.69, 9.17) is 30.8 Å². The van der Waals surface area contributed by atoms with Gasteiger partial charge >= 0.3 is 5.97 Å². The number of hydrogen-bond acceptors (Lipinski definition) is 7. The van der Waals surface area contributed by atoms with Gasteiger partial charge in [0, 0.05) is 10.6 Å². The van der Waals surface area contributed by atoms with Crippen molar-refractivity contribution in [3.63, 3.8) is 0 Å². The molecule has 1 aromatic heterocycles. The molecule has 0 bridgehead atoms. The van der Waals surface area contributed by atoms with Crippen LogP contribution in [0.15, 0.2) is 93.9 Å². The molecule has 2 heterocycles. The average Bonchev–Trinajstić information content (AvgIpc) is 3.30. The van der Waals surface area contributed by atoms with Crippen LogP contribution in [0, 0.1) is 0 Å². The summed E-state index contributed by atoms with van der Waals surface area (Å²) in [5.41, 5.74) is 3.16. The second kappa shape index (κ2) is 11.9. The first kappa shape index (κ1) is 27.4. The van der Waals surface area contributed by atoms with E-state index in [2.05, 4.69) is 0 Å². The molecule has 0 saturated heterocycles. The van der Waals surface area contributed by atoms with E-state index in [0.717, 1.165) is 16.7 Å². The van der Waals surface area contributed by atoms with Crippen molar-refractivity contribution in [2.24, 2.45) is 4.99 Å². The fraction of sp³-hybridized carbons (Fsp3) is 0.194. The molecule has 4 aromatic rings. The number of halogens is 1. The predicted molar refractivity (Wildman–Crippen MR) is 156 cm³/mol. The summed E-state index contributed by atoms with van der Waals surface area (Å²) >= 11 is 7.53.